The minimum Gasteiger partial charge on any atom is -0.238 e. The predicted molar refractivity (Wildman–Crippen MR) is 49.5 cm³/mol. The van der Waals surface area contributed by atoms with Gasteiger partial charge in [0.15, 0.2) is 0 Å². The van der Waals surface area contributed by atoms with Crippen molar-refractivity contribution in [2.24, 2.45) is 0 Å². The normalized spacial score (nSPS) is 12.2. The zero-order valence-electron chi connectivity index (χ0n) is 8.02. The third kappa shape index (κ3) is 1.28. The minimum absolute atomic E-state index is 0.00243. The van der Waals surface area contributed by atoms with E-state index in [4.69, 9.17) is 0 Å². The molecule has 0 aliphatic carbocycles. The van der Waals surface area contributed by atoms with Gasteiger partial charge in [-0.1, -0.05) is 26.0 Å². The van der Waals surface area contributed by atoms with E-state index in [1.54, 1.807) is 10.7 Å². The van der Waals surface area contributed by atoms with Gasteiger partial charge < -0.3 is 0 Å². The lowest BCUT2D eigenvalue weighted by atomic mass is 9.96. The second kappa shape index (κ2) is 2.52. The zero-order valence-corrected chi connectivity index (χ0v) is 8.02. The van der Waals surface area contributed by atoms with E-state index in [0.29, 0.717) is 0 Å². The summed E-state index contributed by atoms with van der Waals surface area (Å²) in [5.74, 6) is 0.940. The molecule has 4 nitrogen and oxygen atoms in total. The highest BCUT2D eigenvalue weighted by Gasteiger charge is 2.19. The molecule has 2 rings (SSSR count). The topological polar surface area (TPSA) is 43.1 Å². The molecule has 2 aromatic rings. The third-order valence-electron chi connectivity index (χ3n) is 1.89. The van der Waals surface area contributed by atoms with Crippen LogP contribution in [0.1, 0.15) is 26.6 Å². The molecule has 4 heteroatoms. The van der Waals surface area contributed by atoms with Crippen LogP contribution >= 0.6 is 0 Å². The molecule has 0 N–H and O–H groups in total. The summed E-state index contributed by atoms with van der Waals surface area (Å²) in [5.41, 5.74) is 0.988. The summed E-state index contributed by atoms with van der Waals surface area (Å²) in [5, 5.41) is 7.84. The summed E-state index contributed by atoms with van der Waals surface area (Å²) in [4.78, 5) is 4.33. The summed E-state index contributed by atoms with van der Waals surface area (Å²) >= 11 is 0. The van der Waals surface area contributed by atoms with Crippen LogP contribution in [-0.2, 0) is 5.41 Å². The molecule has 0 aliphatic heterocycles. The van der Waals surface area contributed by atoms with Crippen molar-refractivity contribution in [3.05, 3.63) is 24.3 Å². The van der Waals surface area contributed by atoms with Crippen LogP contribution in [0.15, 0.2) is 18.5 Å². The molecule has 0 aromatic carbocycles. The highest BCUT2D eigenvalue weighted by molar-refractivity contribution is 5.43. The van der Waals surface area contributed by atoms with Gasteiger partial charge in [0, 0.05) is 5.41 Å². The Bertz CT molecular complexity index is 424. The molecule has 0 unspecified atom stereocenters. The number of aromatic nitrogens is 4. The summed E-state index contributed by atoms with van der Waals surface area (Å²) in [6.45, 7) is 6.32. The number of nitrogens with zero attached hydrogens (tertiary/aromatic N) is 4. The third-order valence-corrected chi connectivity index (χ3v) is 1.89. The smallest absolute Gasteiger partial charge is 0.137 e. The summed E-state index contributed by atoms with van der Waals surface area (Å²) in [6, 6.07) is 1.90. The lowest BCUT2D eigenvalue weighted by molar-refractivity contribution is 0.523. The van der Waals surface area contributed by atoms with E-state index < -0.39 is 0 Å². The molecule has 0 spiro atoms. The maximum absolute atomic E-state index is 4.33. The molecule has 2 heterocycles. The van der Waals surface area contributed by atoms with E-state index in [0.717, 1.165) is 11.3 Å². The number of rotatable bonds is 0. The molecule has 0 fully saturated rings. The van der Waals surface area contributed by atoms with Gasteiger partial charge >= 0.3 is 0 Å². The molecule has 0 saturated carbocycles. The van der Waals surface area contributed by atoms with Crippen molar-refractivity contribution in [2.75, 3.05) is 0 Å². The van der Waals surface area contributed by atoms with Crippen molar-refractivity contribution in [2.45, 2.75) is 26.2 Å². The monoisotopic (exact) mass is 176 g/mol. The minimum atomic E-state index is 0.00243. The molecule has 0 aliphatic rings. The van der Waals surface area contributed by atoms with Crippen molar-refractivity contribution in [3.63, 3.8) is 0 Å². The van der Waals surface area contributed by atoms with Gasteiger partial charge in [0.2, 0.25) is 0 Å². The SMILES string of the molecule is CC(C)(C)c1ncc2ccnnn12. The Kier molecular flexibility index (Phi) is 1.58. The van der Waals surface area contributed by atoms with Gasteiger partial charge in [0.1, 0.15) is 5.82 Å². The van der Waals surface area contributed by atoms with Crippen LogP contribution in [-0.4, -0.2) is 19.8 Å². The molecule has 0 atom stereocenters. The fourth-order valence-electron chi connectivity index (χ4n) is 1.27. The maximum atomic E-state index is 4.33. The number of hydrogen-bond acceptors (Lipinski definition) is 3. The Morgan fingerprint density at radius 2 is 2.08 bits per heavy atom. The highest BCUT2D eigenvalue weighted by Crippen LogP contribution is 2.20. The van der Waals surface area contributed by atoms with Crippen LogP contribution in [0, 0.1) is 0 Å². The Labute approximate surface area is 76.6 Å². The molecule has 0 radical (unpaired) electrons. The average molecular weight is 176 g/mol. The van der Waals surface area contributed by atoms with Crippen LogP contribution in [0.25, 0.3) is 5.52 Å². The summed E-state index contributed by atoms with van der Waals surface area (Å²) in [7, 11) is 0. The highest BCUT2D eigenvalue weighted by atomic mass is 15.4. The maximum Gasteiger partial charge on any atom is 0.137 e. The molecule has 0 bridgehead atoms. The summed E-state index contributed by atoms with van der Waals surface area (Å²) < 4.78 is 1.78. The first-order valence-electron chi connectivity index (χ1n) is 4.25. The van der Waals surface area contributed by atoms with E-state index in [2.05, 4.69) is 36.1 Å². The molecular formula is C9H12N4. The Morgan fingerprint density at radius 3 is 2.77 bits per heavy atom. The fourth-order valence-corrected chi connectivity index (χ4v) is 1.27. The van der Waals surface area contributed by atoms with Crippen molar-refractivity contribution >= 4 is 5.52 Å². The number of fused-ring (bicyclic) bond motifs is 1. The van der Waals surface area contributed by atoms with E-state index in [-0.39, 0.29) is 5.41 Å². The molecule has 2 aromatic heterocycles. The largest absolute Gasteiger partial charge is 0.238 e. The van der Waals surface area contributed by atoms with Crippen LogP contribution in [0.4, 0.5) is 0 Å². The first-order chi connectivity index (χ1) is 6.09. The van der Waals surface area contributed by atoms with E-state index >= 15 is 0 Å². The standard InChI is InChI=1S/C9H12N4/c1-9(2,3)8-10-6-7-4-5-11-12-13(7)8/h4-6H,1-3H3. The van der Waals surface area contributed by atoms with Gasteiger partial charge in [-0.25, -0.2) is 4.98 Å². The van der Waals surface area contributed by atoms with Crippen molar-refractivity contribution in [3.8, 4) is 0 Å². The van der Waals surface area contributed by atoms with Crippen LogP contribution < -0.4 is 0 Å². The van der Waals surface area contributed by atoms with Gasteiger partial charge in [-0.15, -0.1) is 5.10 Å². The molecule has 68 valence electrons. The van der Waals surface area contributed by atoms with E-state index in [1.165, 1.54) is 0 Å². The Hall–Kier alpha value is -1.45. The predicted octanol–water partition coefficient (Wildman–Crippen LogP) is 1.42. The number of hydrogen-bond donors (Lipinski definition) is 0. The first-order valence-corrected chi connectivity index (χ1v) is 4.25. The quantitative estimate of drug-likeness (QED) is 0.609. The average Bonchev–Trinajstić information content (AvgIpc) is 2.45. The second-order valence-electron chi connectivity index (χ2n) is 4.09. The Balaban J connectivity index is 2.72. The van der Waals surface area contributed by atoms with Crippen LogP contribution in [0.5, 0.6) is 0 Å². The zero-order chi connectivity index (χ0) is 9.47. The van der Waals surface area contributed by atoms with Crippen LogP contribution in [0.3, 0.4) is 0 Å². The molecular weight excluding hydrogens is 164 g/mol. The van der Waals surface area contributed by atoms with Gasteiger partial charge in [-0.3, -0.25) is 0 Å². The van der Waals surface area contributed by atoms with Crippen molar-refractivity contribution < 1.29 is 0 Å². The molecule has 0 amide bonds. The van der Waals surface area contributed by atoms with Crippen LogP contribution in [0.2, 0.25) is 0 Å². The first kappa shape index (κ1) is 8.16. The van der Waals surface area contributed by atoms with Crippen molar-refractivity contribution in [1.82, 2.24) is 19.8 Å². The lowest BCUT2D eigenvalue weighted by Gasteiger charge is -2.15. The lowest BCUT2D eigenvalue weighted by Crippen LogP contribution is -2.17. The van der Waals surface area contributed by atoms with E-state index in [1.807, 2.05) is 12.3 Å². The summed E-state index contributed by atoms with van der Waals surface area (Å²) in [6.07, 6.45) is 3.48. The number of imidazole rings is 1. The van der Waals surface area contributed by atoms with E-state index in [9.17, 15) is 0 Å². The van der Waals surface area contributed by atoms with Gasteiger partial charge in [0.05, 0.1) is 17.9 Å². The second-order valence-corrected chi connectivity index (χ2v) is 4.09. The van der Waals surface area contributed by atoms with Gasteiger partial charge in [-0.05, 0) is 6.07 Å². The molecule has 13 heavy (non-hydrogen) atoms. The Morgan fingerprint density at radius 1 is 1.31 bits per heavy atom. The van der Waals surface area contributed by atoms with Gasteiger partial charge in [0.25, 0.3) is 0 Å². The van der Waals surface area contributed by atoms with Gasteiger partial charge in [-0.2, -0.15) is 4.52 Å². The van der Waals surface area contributed by atoms with Crippen molar-refractivity contribution in [1.29, 1.82) is 0 Å². The molecule has 0 saturated heterocycles. The fraction of sp³-hybridized carbons (Fsp3) is 0.444.